The first kappa shape index (κ1) is 20.8. The highest BCUT2D eigenvalue weighted by Crippen LogP contribution is 2.51. The fourth-order valence-corrected chi connectivity index (χ4v) is 1.41. The molecule has 0 aliphatic carbocycles. The molecule has 18 heavy (non-hydrogen) atoms. The monoisotopic (exact) mass is 329 g/mol. The molecule has 0 radical (unpaired) electrons. The second-order valence-corrected chi connectivity index (χ2v) is 5.51. The number of rotatable bonds is 8. The summed E-state index contributed by atoms with van der Waals surface area (Å²) in [5, 5.41) is 25.0. The van der Waals surface area contributed by atoms with Gasteiger partial charge < -0.3 is 21.1 Å². The van der Waals surface area contributed by atoms with Gasteiger partial charge in [0.2, 0.25) is 0 Å². The Morgan fingerprint density at radius 3 is 1.72 bits per heavy atom. The minimum atomic E-state index is -3.67. The molecule has 11 heteroatoms. The molecule has 0 heterocycles. The molecular formula is C7H18Cl2NO7P. The fourth-order valence-electron chi connectivity index (χ4n) is 0.404. The third-order valence-electron chi connectivity index (χ3n) is 1.57. The van der Waals surface area contributed by atoms with Crippen molar-refractivity contribution in [3.8, 4) is 0 Å². The maximum atomic E-state index is 10.8. The summed E-state index contributed by atoms with van der Waals surface area (Å²) in [4.78, 5) is 0. The average Bonchev–Trinajstić information content (AvgIpc) is 2.44. The number of aliphatic hydroxyl groups excluding tert-OH is 3. The van der Waals surface area contributed by atoms with Gasteiger partial charge in [-0.3, -0.25) is 4.52 Å². The maximum Gasteiger partial charge on any atom is 0.507 e. The standard InChI is InChI=1S/C4H11NO3.C3H7Cl2O4P/c5-4(1-6,2-7)3-8;1-2-3-7-10(6,8-4)9-5/h6-8H,1-3,5H2;2-3H2,1H3. The van der Waals surface area contributed by atoms with Crippen LogP contribution in [0.5, 0.6) is 0 Å². The van der Waals surface area contributed by atoms with Crippen molar-refractivity contribution in [2.24, 2.45) is 5.73 Å². The predicted molar refractivity (Wildman–Crippen MR) is 65.9 cm³/mol. The molecule has 0 saturated heterocycles. The van der Waals surface area contributed by atoms with Gasteiger partial charge in [0.25, 0.3) is 0 Å². The van der Waals surface area contributed by atoms with Crippen LogP contribution in [0.2, 0.25) is 0 Å². The van der Waals surface area contributed by atoms with Gasteiger partial charge in [-0.1, -0.05) is 6.92 Å². The molecule has 0 aliphatic rings. The van der Waals surface area contributed by atoms with Gasteiger partial charge in [-0.2, -0.15) is 8.15 Å². The van der Waals surface area contributed by atoms with Crippen molar-refractivity contribution >= 4 is 31.6 Å². The van der Waals surface area contributed by atoms with Crippen LogP contribution < -0.4 is 5.73 Å². The predicted octanol–water partition coefficient (Wildman–Crippen LogP) is 0.523. The van der Waals surface area contributed by atoms with E-state index in [9.17, 15) is 4.57 Å². The van der Waals surface area contributed by atoms with Crippen LogP contribution in [-0.2, 0) is 17.2 Å². The van der Waals surface area contributed by atoms with E-state index >= 15 is 0 Å². The summed E-state index contributed by atoms with van der Waals surface area (Å²) < 4.78 is 23.0. The van der Waals surface area contributed by atoms with Gasteiger partial charge in [0.1, 0.15) is 0 Å². The van der Waals surface area contributed by atoms with E-state index in [1.807, 2.05) is 6.92 Å². The highest BCUT2D eigenvalue weighted by atomic mass is 35.5. The first-order valence-corrected chi connectivity index (χ1v) is 6.91. The van der Waals surface area contributed by atoms with Crippen molar-refractivity contribution in [2.75, 3.05) is 26.4 Å². The van der Waals surface area contributed by atoms with Crippen LogP contribution in [0.1, 0.15) is 13.3 Å². The van der Waals surface area contributed by atoms with E-state index in [0.29, 0.717) is 6.42 Å². The topological polar surface area (TPSA) is 131 Å². The number of nitrogens with two attached hydrogens (primary N) is 1. The van der Waals surface area contributed by atoms with E-state index in [-0.39, 0.29) is 6.61 Å². The third kappa shape index (κ3) is 9.46. The molecule has 0 fully saturated rings. The summed E-state index contributed by atoms with van der Waals surface area (Å²) in [6.45, 7) is 0.837. The summed E-state index contributed by atoms with van der Waals surface area (Å²) in [5.41, 5.74) is 3.94. The van der Waals surface area contributed by atoms with Crippen LogP contribution in [0.4, 0.5) is 0 Å². The molecule has 5 N–H and O–H groups in total. The first-order chi connectivity index (χ1) is 8.36. The number of aliphatic hydroxyl groups is 3. The summed E-state index contributed by atoms with van der Waals surface area (Å²) in [6, 6.07) is 0. The Morgan fingerprint density at radius 1 is 1.17 bits per heavy atom. The third-order valence-corrected chi connectivity index (χ3v) is 3.42. The zero-order valence-corrected chi connectivity index (χ0v) is 12.2. The Bertz CT molecular complexity index is 226. The number of hydrogen-bond acceptors (Lipinski definition) is 8. The van der Waals surface area contributed by atoms with E-state index in [1.54, 1.807) is 0 Å². The molecule has 0 rings (SSSR count). The van der Waals surface area contributed by atoms with Gasteiger partial charge >= 0.3 is 7.82 Å². The molecule has 0 aromatic heterocycles. The van der Waals surface area contributed by atoms with E-state index in [0.717, 1.165) is 0 Å². The molecule has 8 nitrogen and oxygen atoms in total. The molecule has 0 aliphatic heterocycles. The lowest BCUT2D eigenvalue weighted by atomic mass is 10.1. The van der Waals surface area contributed by atoms with Crippen molar-refractivity contribution in [3.05, 3.63) is 0 Å². The first-order valence-electron chi connectivity index (χ1n) is 4.83. The maximum absolute atomic E-state index is 10.8. The lowest BCUT2D eigenvalue weighted by molar-refractivity contribution is 0.0697. The fraction of sp³-hybridized carbons (Fsp3) is 1.00. The second-order valence-electron chi connectivity index (χ2n) is 3.26. The summed E-state index contributed by atoms with van der Waals surface area (Å²) in [6.07, 6.45) is 0.671. The van der Waals surface area contributed by atoms with Crippen LogP contribution in [0, 0.1) is 0 Å². The summed E-state index contributed by atoms with van der Waals surface area (Å²) in [7, 11) is -3.67. The lowest BCUT2D eigenvalue weighted by Crippen LogP contribution is -2.50. The van der Waals surface area contributed by atoms with Crippen molar-refractivity contribution in [1.82, 2.24) is 0 Å². The Balaban J connectivity index is 0. The molecule has 0 unspecified atom stereocenters. The van der Waals surface area contributed by atoms with E-state index in [2.05, 4.69) is 12.7 Å². The smallest absolute Gasteiger partial charge is 0.394 e. The van der Waals surface area contributed by atoms with Crippen LogP contribution in [0.25, 0.3) is 0 Å². The minimum absolute atomic E-state index is 0.219. The van der Waals surface area contributed by atoms with E-state index < -0.39 is 33.2 Å². The van der Waals surface area contributed by atoms with Crippen LogP contribution in [0.3, 0.4) is 0 Å². The summed E-state index contributed by atoms with van der Waals surface area (Å²) in [5.74, 6) is 0. The Hall–Kier alpha value is 0.530. The van der Waals surface area contributed by atoms with Crippen molar-refractivity contribution in [1.29, 1.82) is 0 Å². The highest BCUT2D eigenvalue weighted by molar-refractivity contribution is 7.50. The Labute approximate surface area is 115 Å². The zero-order valence-electron chi connectivity index (χ0n) is 9.79. The second kappa shape index (κ2) is 11.4. The van der Waals surface area contributed by atoms with E-state index in [4.69, 9.17) is 44.8 Å². The van der Waals surface area contributed by atoms with Crippen molar-refractivity contribution < 1.29 is 32.6 Å². The van der Waals surface area contributed by atoms with Crippen LogP contribution in [0.15, 0.2) is 0 Å². The lowest BCUT2D eigenvalue weighted by Gasteiger charge is -2.20. The molecule has 0 aromatic carbocycles. The van der Waals surface area contributed by atoms with E-state index in [1.165, 1.54) is 0 Å². The van der Waals surface area contributed by atoms with Crippen LogP contribution >= 0.6 is 31.6 Å². The van der Waals surface area contributed by atoms with Crippen molar-refractivity contribution in [2.45, 2.75) is 18.9 Å². The number of hydrogen-bond donors (Lipinski definition) is 4. The quantitative estimate of drug-likeness (QED) is 0.474. The molecule has 0 bridgehead atoms. The zero-order chi connectivity index (χ0) is 14.7. The van der Waals surface area contributed by atoms with Gasteiger partial charge in [0.05, 0.1) is 55.7 Å². The van der Waals surface area contributed by atoms with Crippen LogP contribution in [-0.4, -0.2) is 47.3 Å². The normalized spacial score (nSPS) is 11.9. The van der Waals surface area contributed by atoms with Gasteiger partial charge in [-0.05, 0) is 6.42 Å². The molecule has 0 saturated carbocycles. The molecule has 0 aromatic rings. The largest absolute Gasteiger partial charge is 0.507 e. The molecule has 0 atom stereocenters. The Kier molecular flexibility index (Phi) is 13.2. The highest BCUT2D eigenvalue weighted by Gasteiger charge is 2.25. The molecule has 0 amide bonds. The minimum Gasteiger partial charge on any atom is -0.394 e. The Morgan fingerprint density at radius 2 is 1.56 bits per heavy atom. The van der Waals surface area contributed by atoms with Gasteiger partial charge in [0.15, 0.2) is 0 Å². The SMILES string of the molecule is CCCOP(=O)(OCl)OCl.NC(CO)(CO)CO. The van der Waals surface area contributed by atoms with Gasteiger partial charge in [-0.15, -0.1) is 0 Å². The molecule has 0 spiro atoms. The average molecular weight is 330 g/mol. The molecular weight excluding hydrogens is 312 g/mol. The van der Waals surface area contributed by atoms with Crippen molar-refractivity contribution in [3.63, 3.8) is 0 Å². The van der Waals surface area contributed by atoms with Gasteiger partial charge in [0, 0.05) is 0 Å². The number of phosphoric acid groups is 1. The molecule has 112 valence electrons. The number of halogens is 2. The van der Waals surface area contributed by atoms with Gasteiger partial charge in [-0.25, -0.2) is 4.57 Å². The summed E-state index contributed by atoms with van der Waals surface area (Å²) >= 11 is 9.49.